The third-order valence-corrected chi connectivity index (χ3v) is 5.30. The molecule has 0 aliphatic heterocycles. The van der Waals surface area contributed by atoms with Gasteiger partial charge in [0.05, 0.1) is 17.2 Å². The standard InChI is InChI=1S/C25H28N6O/c1-15(2)13-27-25(32)21-22-24(30-20-8-6-5-7-19(20)29-22)31(23(21)26)28-14-17-9-11-18(12-10-17)16(3)4/h5-12,14-16H,13,26H2,1-4H3,(H,27,32)/b28-14-. The van der Waals surface area contributed by atoms with Crippen LogP contribution in [0.2, 0.25) is 0 Å². The van der Waals surface area contributed by atoms with Gasteiger partial charge in [0.2, 0.25) is 0 Å². The maximum atomic E-state index is 13.0. The number of fused-ring (bicyclic) bond motifs is 2. The van der Waals surface area contributed by atoms with E-state index >= 15 is 0 Å². The highest BCUT2D eigenvalue weighted by molar-refractivity contribution is 6.10. The lowest BCUT2D eigenvalue weighted by Gasteiger charge is -2.07. The second kappa shape index (κ2) is 8.78. The Hall–Kier alpha value is -3.74. The van der Waals surface area contributed by atoms with Gasteiger partial charge in [-0.15, -0.1) is 0 Å². The third-order valence-electron chi connectivity index (χ3n) is 5.30. The van der Waals surface area contributed by atoms with E-state index < -0.39 is 0 Å². The summed E-state index contributed by atoms with van der Waals surface area (Å²) in [4.78, 5) is 22.4. The first-order valence-corrected chi connectivity index (χ1v) is 10.8. The summed E-state index contributed by atoms with van der Waals surface area (Å²) in [7, 11) is 0. The van der Waals surface area contributed by atoms with Crippen molar-refractivity contribution in [2.75, 3.05) is 12.3 Å². The molecule has 0 unspecified atom stereocenters. The van der Waals surface area contributed by atoms with Crippen molar-refractivity contribution in [3.63, 3.8) is 0 Å². The van der Waals surface area contributed by atoms with E-state index in [0.29, 0.717) is 46.1 Å². The second-order valence-electron chi connectivity index (χ2n) is 8.63. The van der Waals surface area contributed by atoms with Gasteiger partial charge in [0.15, 0.2) is 5.65 Å². The van der Waals surface area contributed by atoms with Crippen LogP contribution >= 0.6 is 0 Å². The number of hydrogen-bond acceptors (Lipinski definition) is 5. The molecule has 0 radical (unpaired) electrons. The van der Waals surface area contributed by atoms with Gasteiger partial charge in [0, 0.05) is 6.54 Å². The molecule has 4 rings (SSSR count). The lowest BCUT2D eigenvalue weighted by atomic mass is 10.0. The molecule has 0 aliphatic rings. The molecule has 2 aromatic carbocycles. The molecular weight excluding hydrogens is 400 g/mol. The number of rotatable bonds is 6. The maximum Gasteiger partial charge on any atom is 0.257 e. The number of amides is 1. The summed E-state index contributed by atoms with van der Waals surface area (Å²) in [5.74, 6) is 0.709. The average Bonchev–Trinajstić information content (AvgIpc) is 3.04. The zero-order chi connectivity index (χ0) is 22.8. The fraction of sp³-hybridized carbons (Fsp3) is 0.280. The number of carbonyl (C=O) groups is 1. The molecule has 0 aliphatic carbocycles. The minimum atomic E-state index is -0.277. The molecule has 3 N–H and O–H groups in total. The van der Waals surface area contributed by atoms with Crippen LogP contribution in [0.15, 0.2) is 53.6 Å². The van der Waals surface area contributed by atoms with Crippen molar-refractivity contribution in [2.24, 2.45) is 11.0 Å². The molecule has 32 heavy (non-hydrogen) atoms. The van der Waals surface area contributed by atoms with Crippen LogP contribution in [0.5, 0.6) is 0 Å². The van der Waals surface area contributed by atoms with E-state index in [0.717, 1.165) is 5.56 Å². The predicted octanol–water partition coefficient (Wildman–Crippen LogP) is 4.56. The normalized spacial score (nSPS) is 11.9. The molecule has 0 saturated heterocycles. The second-order valence-corrected chi connectivity index (χ2v) is 8.63. The van der Waals surface area contributed by atoms with Gasteiger partial charge < -0.3 is 11.1 Å². The highest BCUT2D eigenvalue weighted by Crippen LogP contribution is 2.28. The molecule has 0 bridgehead atoms. The Bertz CT molecular complexity index is 1300. The average molecular weight is 429 g/mol. The summed E-state index contributed by atoms with van der Waals surface area (Å²) in [6, 6.07) is 15.7. The van der Waals surface area contributed by atoms with Gasteiger partial charge in [0.25, 0.3) is 5.91 Å². The van der Waals surface area contributed by atoms with Gasteiger partial charge in [-0.2, -0.15) is 9.78 Å². The van der Waals surface area contributed by atoms with Crippen LogP contribution in [-0.2, 0) is 0 Å². The number of benzene rings is 2. The largest absolute Gasteiger partial charge is 0.383 e. The van der Waals surface area contributed by atoms with E-state index in [1.165, 1.54) is 10.2 Å². The van der Waals surface area contributed by atoms with E-state index in [2.05, 4.69) is 36.4 Å². The summed E-state index contributed by atoms with van der Waals surface area (Å²) in [5, 5.41) is 7.50. The van der Waals surface area contributed by atoms with Crippen LogP contribution < -0.4 is 11.1 Å². The monoisotopic (exact) mass is 428 g/mol. The number of nitrogens with two attached hydrogens (primary N) is 1. The third kappa shape index (κ3) is 4.19. The number of nitrogen functional groups attached to an aromatic ring is 1. The lowest BCUT2D eigenvalue weighted by molar-refractivity contribution is 0.0951. The van der Waals surface area contributed by atoms with E-state index in [1.807, 2.05) is 50.2 Å². The summed E-state index contributed by atoms with van der Waals surface area (Å²) >= 11 is 0. The van der Waals surface area contributed by atoms with Crippen molar-refractivity contribution in [3.05, 3.63) is 65.2 Å². The Balaban J connectivity index is 1.82. The fourth-order valence-electron chi connectivity index (χ4n) is 3.46. The molecular formula is C25H28N6O. The van der Waals surface area contributed by atoms with Gasteiger partial charge >= 0.3 is 0 Å². The van der Waals surface area contributed by atoms with Gasteiger partial charge in [0.1, 0.15) is 16.9 Å². The van der Waals surface area contributed by atoms with E-state index in [9.17, 15) is 4.79 Å². The molecule has 1 amide bonds. The Morgan fingerprint density at radius 3 is 2.34 bits per heavy atom. The Morgan fingerprint density at radius 2 is 1.72 bits per heavy atom. The zero-order valence-corrected chi connectivity index (χ0v) is 18.8. The molecule has 0 spiro atoms. The van der Waals surface area contributed by atoms with Crippen LogP contribution in [0.3, 0.4) is 0 Å². The first-order chi connectivity index (χ1) is 15.3. The van der Waals surface area contributed by atoms with Gasteiger partial charge in [-0.25, -0.2) is 9.97 Å². The molecule has 0 atom stereocenters. The van der Waals surface area contributed by atoms with Gasteiger partial charge in [-0.1, -0.05) is 64.1 Å². The van der Waals surface area contributed by atoms with Crippen molar-refractivity contribution in [2.45, 2.75) is 33.6 Å². The smallest absolute Gasteiger partial charge is 0.257 e. The van der Waals surface area contributed by atoms with Crippen LogP contribution in [0.4, 0.5) is 5.82 Å². The number of para-hydroxylation sites is 2. The predicted molar refractivity (Wildman–Crippen MR) is 130 cm³/mol. The van der Waals surface area contributed by atoms with Crippen molar-refractivity contribution in [1.82, 2.24) is 20.0 Å². The fourth-order valence-corrected chi connectivity index (χ4v) is 3.46. The number of nitrogens with zero attached hydrogens (tertiary/aromatic N) is 4. The topological polar surface area (TPSA) is 98.2 Å². The summed E-state index contributed by atoms with van der Waals surface area (Å²) < 4.78 is 1.50. The molecule has 0 fully saturated rings. The summed E-state index contributed by atoms with van der Waals surface area (Å²) in [5.41, 5.74) is 11.2. The first-order valence-electron chi connectivity index (χ1n) is 10.8. The number of anilines is 1. The van der Waals surface area contributed by atoms with E-state index in [1.54, 1.807) is 6.21 Å². The first kappa shape index (κ1) is 21.5. The number of hydrogen-bond donors (Lipinski definition) is 2. The maximum absolute atomic E-state index is 13.0. The zero-order valence-electron chi connectivity index (χ0n) is 18.8. The van der Waals surface area contributed by atoms with Crippen LogP contribution in [0.25, 0.3) is 22.2 Å². The summed E-state index contributed by atoms with van der Waals surface area (Å²) in [6.07, 6.45) is 1.71. The highest BCUT2D eigenvalue weighted by Gasteiger charge is 2.24. The van der Waals surface area contributed by atoms with Crippen LogP contribution in [0, 0.1) is 5.92 Å². The highest BCUT2D eigenvalue weighted by atomic mass is 16.1. The number of carbonyl (C=O) groups excluding carboxylic acids is 1. The number of nitrogens with one attached hydrogen (secondary N) is 1. The number of aromatic nitrogens is 3. The van der Waals surface area contributed by atoms with Crippen molar-refractivity contribution >= 4 is 40.1 Å². The molecule has 2 heterocycles. The van der Waals surface area contributed by atoms with Crippen molar-refractivity contribution in [3.8, 4) is 0 Å². The SMILES string of the molecule is CC(C)CNC(=O)c1c(N)n(/N=C\c2ccc(C(C)C)cc2)c2nc3ccccc3nc12. The quantitative estimate of drug-likeness (QED) is 0.440. The molecule has 7 nitrogen and oxygen atoms in total. The van der Waals surface area contributed by atoms with Crippen molar-refractivity contribution < 1.29 is 4.79 Å². The summed E-state index contributed by atoms with van der Waals surface area (Å²) in [6.45, 7) is 8.93. The van der Waals surface area contributed by atoms with Crippen molar-refractivity contribution in [1.29, 1.82) is 0 Å². The molecule has 164 valence electrons. The molecule has 2 aromatic heterocycles. The molecule has 4 aromatic rings. The van der Waals surface area contributed by atoms with Gasteiger partial charge in [-0.05, 0) is 35.1 Å². The van der Waals surface area contributed by atoms with E-state index in [-0.39, 0.29) is 11.7 Å². The van der Waals surface area contributed by atoms with Crippen LogP contribution in [-0.4, -0.2) is 33.3 Å². The van der Waals surface area contributed by atoms with E-state index in [4.69, 9.17) is 15.7 Å². The molecule has 7 heteroatoms. The molecule has 0 saturated carbocycles. The Morgan fingerprint density at radius 1 is 1.06 bits per heavy atom. The van der Waals surface area contributed by atoms with Gasteiger partial charge in [-0.3, -0.25) is 4.79 Å². The minimum Gasteiger partial charge on any atom is -0.383 e. The minimum absolute atomic E-state index is 0.214. The Kier molecular flexibility index (Phi) is 5.90. The van der Waals surface area contributed by atoms with Crippen LogP contribution in [0.1, 0.15) is 55.1 Å². The Labute approximate surface area is 187 Å². The lowest BCUT2D eigenvalue weighted by Crippen LogP contribution is -2.28.